The van der Waals surface area contributed by atoms with Crippen molar-refractivity contribution in [1.29, 1.82) is 0 Å². The molecule has 1 aliphatic heterocycles. The second-order valence-corrected chi connectivity index (χ2v) is 6.98. The molecule has 0 saturated carbocycles. The molecule has 25 heavy (non-hydrogen) atoms. The van der Waals surface area contributed by atoms with Crippen LogP contribution in [0.2, 0.25) is 5.02 Å². The van der Waals surface area contributed by atoms with Crippen molar-refractivity contribution in [2.45, 2.75) is 26.2 Å². The van der Waals surface area contributed by atoms with Crippen LogP contribution < -0.4 is 5.32 Å². The van der Waals surface area contributed by atoms with E-state index < -0.39 is 0 Å². The van der Waals surface area contributed by atoms with Gasteiger partial charge in [0.1, 0.15) is 5.69 Å². The van der Waals surface area contributed by atoms with Crippen molar-refractivity contribution in [3.8, 4) is 0 Å². The lowest BCUT2D eigenvalue weighted by molar-refractivity contribution is 0.0691. The van der Waals surface area contributed by atoms with E-state index in [9.17, 15) is 4.79 Å². The number of hydrogen-bond donors (Lipinski definition) is 1. The van der Waals surface area contributed by atoms with Crippen molar-refractivity contribution < 1.29 is 4.79 Å². The molecule has 1 aliphatic rings. The number of aromatic nitrogens is 2. The van der Waals surface area contributed by atoms with Crippen molar-refractivity contribution in [2.24, 2.45) is 5.92 Å². The molecule has 1 aromatic carbocycles. The number of nitrogens with zero attached hydrogens (tertiary/aromatic N) is 3. The van der Waals surface area contributed by atoms with Crippen LogP contribution in [0.15, 0.2) is 36.5 Å². The summed E-state index contributed by atoms with van der Waals surface area (Å²) >= 11 is 5.89. The van der Waals surface area contributed by atoms with Gasteiger partial charge in [0.2, 0.25) is 5.95 Å². The molecule has 0 spiro atoms. The van der Waals surface area contributed by atoms with E-state index in [0.29, 0.717) is 24.1 Å². The SMILES string of the molecule is CC1CCN(C(=O)c2ccnc(NCCc3ccc(Cl)cc3)n2)CC1. The van der Waals surface area contributed by atoms with Crippen molar-refractivity contribution in [1.82, 2.24) is 14.9 Å². The van der Waals surface area contributed by atoms with E-state index in [-0.39, 0.29) is 5.91 Å². The summed E-state index contributed by atoms with van der Waals surface area (Å²) in [6.07, 6.45) is 4.59. The molecule has 0 atom stereocenters. The van der Waals surface area contributed by atoms with E-state index in [0.717, 1.165) is 37.4 Å². The Hall–Kier alpha value is -2.14. The summed E-state index contributed by atoms with van der Waals surface area (Å²) in [5.74, 6) is 1.18. The average molecular weight is 359 g/mol. The van der Waals surface area contributed by atoms with E-state index in [1.54, 1.807) is 12.3 Å². The molecular formula is C19H23ClN4O. The quantitative estimate of drug-likeness (QED) is 0.886. The molecule has 0 radical (unpaired) electrons. The average Bonchev–Trinajstić information content (AvgIpc) is 2.64. The molecule has 3 rings (SSSR count). The third kappa shape index (κ3) is 4.92. The summed E-state index contributed by atoms with van der Waals surface area (Å²) in [5.41, 5.74) is 1.64. The van der Waals surface area contributed by atoms with Gasteiger partial charge in [-0.25, -0.2) is 9.97 Å². The fourth-order valence-corrected chi connectivity index (χ4v) is 3.03. The normalized spacial score (nSPS) is 15.2. The molecule has 6 heteroatoms. The highest BCUT2D eigenvalue weighted by Crippen LogP contribution is 2.18. The Balaban J connectivity index is 1.55. The second-order valence-electron chi connectivity index (χ2n) is 6.54. The largest absolute Gasteiger partial charge is 0.354 e. The highest BCUT2D eigenvalue weighted by atomic mass is 35.5. The standard InChI is InChI=1S/C19H23ClN4O/c1-14-8-12-24(13-9-14)18(25)17-7-11-22-19(23-17)21-10-6-15-2-4-16(20)5-3-15/h2-5,7,11,14H,6,8-10,12-13H2,1H3,(H,21,22,23). The van der Waals surface area contributed by atoms with Crippen LogP contribution in [0.3, 0.4) is 0 Å². The Kier molecular flexibility index (Phi) is 5.87. The molecule has 1 fully saturated rings. The Morgan fingerprint density at radius 2 is 1.96 bits per heavy atom. The van der Waals surface area contributed by atoms with Gasteiger partial charge in [0, 0.05) is 30.9 Å². The number of piperidine rings is 1. The minimum atomic E-state index is -0.00458. The molecule has 2 aromatic rings. The minimum Gasteiger partial charge on any atom is -0.354 e. The third-order valence-electron chi connectivity index (χ3n) is 4.56. The molecule has 1 saturated heterocycles. The zero-order chi connectivity index (χ0) is 17.6. The first-order valence-electron chi connectivity index (χ1n) is 8.72. The fourth-order valence-electron chi connectivity index (χ4n) is 2.91. The predicted molar refractivity (Wildman–Crippen MR) is 100.0 cm³/mol. The van der Waals surface area contributed by atoms with E-state index >= 15 is 0 Å². The highest BCUT2D eigenvalue weighted by molar-refractivity contribution is 6.30. The lowest BCUT2D eigenvalue weighted by Crippen LogP contribution is -2.38. The molecule has 1 N–H and O–H groups in total. The molecule has 5 nitrogen and oxygen atoms in total. The van der Waals surface area contributed by atoms with Crippen LogP contribution in [0.4, 0.5) is 5.95 Å². The zero-order valence-electron chi connectivity index (χ0n) is 14.4. The van der Waals surface area contributed by atoms with Crippen LogP contribution in [0.5, 0.6) is 0 Å². The first kappa shape index (κ1) is 17.7. The second kappa shape index (κ2) is 8.30. The minimum absolute atomic E-state index is 0.00458. The third-order valence-corrected chi connectivity index (χ3v) is 4.81. The summed E-state index contributed by atoms with van der Waals surface area (Å²) in [6.45, 7) is 4.54. The number of rotatable bonds is 5. The van der Waals surface area contributed by atoms with Gasteiger partial charge in [-0.3, -0.25) is 4.79 Å². The van der Waals surface area contributed by atoms with Crippen LogP contribution >= 0.6 is 11.6 Å². The van der Waals surface area contributed by atoms with Crippen molar-refractivity contribution in [2.75, 3.05) is 25.0 Å². The Morgan fingerprint density at radius 3 is 2.68 bits per heavy atom. The van der Waals surface area contributed by atoms with E-state index in [4.69, 9.17) is 11.6 Å². The summed E-state index contributed by atoms with van der Waals surface area (Å²) in [4.78, 5) is 23.1. The number of carbonyl (C=O) groups is 1. The maximum Gasteiger partial charge on any atom is 0.272 e. The number of hydrogen-bond acceptors (Lipinski definition) is 4. The number of anilines is 1. The molecule has 0 unspecified atom stereocenters. The number of carbonyl (C=O) groups excluding carboxylic acids is 1. The highest BCUT2D eigenvalue weighted by Gasteiger charge is 2.22. The topological polar surface area (TPSA) is 58.1 Å². The summed E-state index contributed by atoms with van der Waals surface area (Å²) < 4.78 is 0. The Bertz CT molecular complexity index is 712. The van der Waals surface area contributed by atoms with Crippen LogP contribution in [0, 0.1) is 5.92 Å². The molecular weight excluding hydrogens is 336 g/mol. The smallest absolute Gasteiger partial charge is 0.272 e. The number of halogens is 1. The van der Waals surface area contributed by atoms with Gasteiger partial charge in [-0.2, -0.15) is 0 Å². The number of benzene rings is 1. The first-order chi connectivity index (χ1) is 12.1. The molecule has 132 valence electrons. The van der Waals surface area contributed by atoms with Gasteiger partial charge in [0.25, 0.3) is 5.91 Å². The molecule has 0 bridgehead atoms. The molecule has 2 heterocycles. The van der Waals surface area contributed by atoms with Gasteiger partial charge in [-0.15, -0.1) is 0 Å². The van der Waals surface area contributed by atoms with Crippen LogP contribution in [-0.4, -0.2) is 40.4 Å². The summed E-state index contributed by atoms with van der Waals surface area (Å²) in [6, 6.07) is 9.45. The number of likely N-dealkylation sites (tertiary alicyclic amines) is 1. The monoisotopic (exact) mass is 358 g/mol. The van der Waals surface area contributed by atoms with Gasteiger partial charge < -0.3 is 10.2 Å². The summed E-state index contributed by atoms with van der Waals surface area (Å²) in [5, 5.41) is 3.92. The lowest BCUT2D eigenvalue weighted by Gasteiger charge is -2.30. The zero-order valence-corrected chi connectivity index (χ0v) is 15.2. The molecule has 1 aromatic heterocycles. The van der Waals surface area contributed by atoms with E-state index in [1.807, 2.05) is 29.2 Å². The predicted octanol–water partition coefficient (Wildman–Crippen LogP) is 3.66. The number of amides is 1. The van der Waals surface area contributed by atoms with Crippen LogP contribution in [-0.2, 0) is 6.42 Å². The van der Waals surface area contributed by atoms with Crippen molar-refractivity contribution in [3.05, 3.63) is 52.8 Å². The van der Waals surface area contributed by atoms with Gasteiger partial charge in [-0.1, -0.05) is 30.7 Å². The Labute approximate surface area is 153 Å². The van der Waals surface area contributed by atoms with Gasteiger partial charge in [0.15, 0.2) is 0 Å². The maximum atomic E-state index is 12.6. The van der Waals surface area contributed by atoms with E-state index in [2.05, 4.69) is 22.2 Å². The first-order valence-corrected chi connectivity index (χ1v) is 9.10. The Morgan fingerprint density at radius 1 is 1.24 bits per heavy atom. The van der Waals surface area contributed by atoms with E-state index in [1.165, 1.54) is 5.56 Å². The van der Waals surface area contributed by atoms with Crippen LogP contribution in [0.25, 0.3) is 0 Å². The van der Waals surface area contributed by atoms with Crippen molar-refractivity contribution in [3.63, 3.8) is 0 Å². The van der Waals surface area contributed by atoms with Gasteiger partial charge >= 0.3 is 0 Å². The molecule has 1 amide bonds. The molecule has 0 aliphatic carbocycles. The lowest BCUT2D eigenvalue weighted by atomic mass is 9.99. The fraction of sp³-hybridized carbons (Fsp3) is 0.421. The van der Waals surface area contributed by atoms with Gasteiger partial charge in [0.05, 0.1) is 0 Å². The van der Waals surface area contributed by atoms with Gasteiger partial charge in [-0.05, 0) is 48.9 Å². The van der Waals surface area contributed by atoms with Crippen LogP contribution in [0.1, 0.15) is 35.8 Å². The summed E-state index contributed by atoms with van der Waals surface area (Å²) in [7, 11) is 0. The maximum absolute atomic E-state index is 12.6. The number of nitrogens with one attached hydrogen (secondary N) is 1. The van der Waals surface area contributed by atoms with Crippen molar-refractivity contribution >= 4 is 23.5 Å².